The summed E-state index contributed by atoms with van der Waals surface area (Å²) in [4.78, 5) is 23.9. The highest BCUT2D eigenvalue weighted by Crippen LogP contribution is 2.11. The third kappa shape index (κ3) is 5.98. The van der Waals surface area contributed by atoms with Crippen LogP contribution in [-0.4, -0.2) is 26.4 Å². The molecule has 0 aliphatic carbocycles. The van der Waals surface area contributed by atoms with E-state index in [9.17, 15) is 18.0 Å². The summed E-state index contributed by atoms with van der Waals surface area (Å²) < 4.78 is 27.5. The zero-order chi connectivity index (χ0) is 19.2. The van der Waals surface area contributed by atoms with Crippen molar-refractivity contribution in [1.29, 1.82) is 0 Å². The number of benzene rings is 2. The quantitative estimate of drug-likeness (QED) is 0.715. The number of rotatable bonds is 7. The van der Waals surface area contributed by atoms with E-state index in [0.717, 1.165) is 5.56 Å². The second-order valence-corrected chi connectivity index (χ2v) is 7.24. The molecule has 7 nitrogen and oxygen atoms in total. The Balaban J connectivity index is 1.81. The van der Waals surface area contributed by atoms with Crippen LogP contribution < -0.4 is 10.5 Å². The molecule has 26 heavy (non-hydrogen) atoms. The van der Waals surface area contributed by atoms with Crippen molar-refractivity contribution in [3.05, 3.63) is 60.2 Å². The molecule has 1 unspecified atom stereocenters. The molecule has 3 N–H and O–H groups in total. The van der Waals surface area contributed by atoms with Crippen molar-refractivity contribution in [2.75, 3.05) is 5.32 Å². The Morgan fingerprint density at radius 1 is 1.08 bits per heavy atom. The number of anilines is 1. The van der Waals surface area contributed by atoms with Crippen LogP contribution in [0.4, 0.5) is 5.69 Å². The number of hydrogen-bond donors (Lipinski definition) is 2. The molecule has 2 rings (SSSR count). The second kappa shape index (κ2) is 8.59. The summed E-state index contributed by atoms with van der Waals surface area (Å²) in [6, 6.07) is 14.8. The molecule has 1 atom stereocenters. The van der Waals surface area contributed by atoms with Gasteiger partial charge >= 0.3 is 5.97 Å². The van der Waals surface area contributed by atoms with E-state index in [4.69, 9.17) is 9.88 Å². The zero-order valence-corrected chi connectivity index (χ0v) is 15.0. The van der Waals surface area contributed by atoms with Gasteiger partial charge in [-0.2, -0.15) is 0 Å². The minimum Gasteiger partial charge on any atom is -0.453 e. The molecule has 138 valence electrons. The highest BCUT2D eigenvalue weighted by Gasteiger charge is 2.18. The molecule has 2 aromatic rings. The number of carbonyl (C=O) groups is 2. The third-order valence-corrected chi connectivity index (χ3v) is 4.52. The lowest BCUT2D eigenvalue weighted by atomic mass is 10.1. The lowest BCUT2D eigenvalue weighted by molar-refractivity contribution is -0.153. The van der Waals surface area contributed by atoms with Crippen molar-refractivity contribution in [3.63, 3.8) is 0 Å². The number of ether oxygens (including phenoxy) is 1. The summed E-state index contributed by atoms with van der Waals surface area (Å²) in [6.07, 6.45) is -0.499. The fourth-order valence-corrected chi connectivity index (χ4v) is 2.68. The van der Waals surface area contributed by atoms with Crippen molar-refractivity contribution in [3.8, 4) is 0 Å². The van der Waals surface area contributed by atoms with E-state index < -0.39 is 28.0 Å². The molecule has 0 saturated heterocycles. The average Bonchev–Trinajstić information content (AvgIpc) is 2.60. The first-order chi connectivity index (χ1) is 12.3. The van der Waals surface area contributed by atoms with Crippen LogP contribution in [-0.2, 0) is 30.8 Å². The summed E-state index contributed by atoms with van der Waals surface area (Å²) in [5.74, 6) is -0.932. The standard InChI is InChI=1S/C18H20N2O5S/c1-13(18(22)20-15-5-3-2-4-6-15)25-17(21)12-9-14-7-10-16(11-8-14)26(19,23)24/h2-8,10-11,13H,9,12H2,1H3,(H,20,22)(H2,19,23,24). The van der Waals surface area contributed by atoms with Gasteiger partial charge in [-0.1, -0.05) is 30.3 Å². The lowest BCUT2D eigenvalue weighted by Gasteiger charge is -2.13. The van der Waals surface area contributed by atoms with E-state index >= 15 is 0 Å². The van der Waals surface area contributed by atoms with E-state index in [0.29, 0.717) is 12.1 Å². The largest absolute Gasteiger partial charge is 0.453 e. The molecule has 0 aliphatic rings. The Morgan fingerprint density at radius 3 is 2.27 bits per heavy atom. The fourth-order valence-electron chi connectivity index (χ4n) is 2.17. The molecule has 0 heterocycles. The van der Waals surface area contributed by atoms with E-state index in [1.807, 2.05) is 6.07 Å². The van der Waals surface area contributed by atoms with Crippen molar-refractivity contribution < 1.29 is 22.7 Å². The first kappa shape index (κ1) is 19.6. The third-order valence-electron chi connectivity index (χ3n) is 3.59. The Bertz CT molecular complexity index is 864. The molecule has 0 radical (unpaired) electrons. The molecule has 8 heteroatoms. The maximum atomic E-state index is 12.0. The monoisotopic (exact) mass is 376 g/mol. The Kier molecular flexibility index (Phi) is 6.48. The van der Waals surface area contributed by atoms with Crippen LogP contribution in [0.1, 0.15) is 18.9 Å². The van der Waals surface area contributed by atoms with Crippen LogP contribution >= 0.6 is 0 Å². The lowest BCUT2D eigenvalue weighted by Crippen LogP contribution is -2.30. The second-order valence-electron chi connectivity index (χ2n) is 5.68. The predicted octanol–water partition coefficient (Wildman–Crippen LogP) is 1.84. The van der Waals surface area contributed by atoms with Crippen LogP contribution in [0, 0.1) is 0 Å². The summed E-state index contributed by atoms with van der Waals surface area (Å²) in [7, 11) is -3.74. The average molecular weight is 376 g/mol. The summed E-state index contributed by atoms with van der Waals surface area (Å²) in [5.41, 5.74) is 1.38. The summed E-state index contributed by atoms with van der Waals surface area (Å²) >= 11 is 0. The predicted molar refractivity (Wildman–Crippen MR) is 96.8 cm³/mol. The van der Waals surface area contributed by atoms with E-state index in [2.05, 4.69) is 5.32 Å². The summed E-state index contributed by atoms with van der Waals surface area (Å²) in [6.45, 7) is 1.50. The Morgan fingerprint density at radius 2 is 1.69 bits per heavy atom. The number of carbonyl (C=O) groups excluding carboxylic acids is 2. The Labute approximate surface area is 152 Å². The van der Waals surface area contributed by atoms with Gasteiger partial charge in [0.15, 0.2) is 6.10 Å². The van der Waals surface area contributed by atoms with Gasteiger partial charge in [-0.3, -0.25) is 9.59 Å². The number of aryl methyl sites for hydroxylation is 1. The van der Waals surface area contributed by atoms with Crippen molar-refractivity contribution in [2.45, 2.75) is 30.8 Å². The van der Waals surface area contributed by atoms with Crippen LogP contribution in [0.25, 0.3) is 0 Å². The SMILES string of the molecule is CC(OC(=O)CCc1ccc(S(N)(=O)=O)cc1)C(=O)Nc1ccccc1. The van der Waals surface area contributed by atoms with Crippen molar-refractivity contribution in [1.82, 2.24) is 0 Å². The van der Waals surface area contributed by atoms with Gasteiger partial charge in [0, 0.05) is 12.1 Å². The fraction of sp³-hybridized carbons (Fsp3) is 0.222. The van der Waals surface area contributed by atoms with Gasteiger partial charge in [0.25, 0.3) is 5.91 Å². The number of esters is 1. The smallest absolute Gasteiger partial charge is 0.306 e. The maximum Gasteiger partial charge on any atom is 0.306 e. The van der Waals surface area contributed by atoms with E-state index in [1.54, 1.807) is 36.4 Å². The van der Waals surface area contributed by atoms with Gasteiger partial charge in [-0.05, 0) is 43.2 Å². The minimum atomic E-state index is -3.74. The summed E-state index contributed by atoms with van der Waals surface area (Å²) in [5, 5.41) is 7.68. The van der Waals surface area contributed by atoms with Gasteiger partial charge in [-0.15, -0.1) is 0 Å². The van der Waals surface area contributed by atoms with Crippen molar-refractivity contribution >= 4 is 27.6 Å². The molecule has 0 spiro atoms. The minimum absolute atomic E-state index is 0.00929. The van der Waals surface area contributed by atoms with Crippen LogP contribution in [0.3, 0.4) is 0 Å². The molecule has 0 aliphatic heterocycles. The molecule has 0 saturated carbocycles. The number of para-hydroxylation sites is 1. The Hall–Kier alpha value is -2.71. The van der Waals surface area contributed by atoms with Crippen LogP contribution in [0.2, 0.25) is 0 Å². The molecule has 1 amide bonds. The number of sulfonamides is 1. The molecule has 0 fully saturated rings. The molecule has 0 bridgehead atoms. The maximum absolute atomic E-state index is 12.0. The van der Waals surface area contributed by atoms with Crippen molar-refractivity contribution in [2.24, 2.45) is 5.14 Å². The first-order valence-electron chi connectivity index (χ1n) is 7.93. The van der Waals surface area contributed by atoms with Gasteiger partial charge < -0.3 is 10.1 Å². The highest BCUT2D eigenvalue weighted by atomic mass is 32.2. The molecular formula is C18H20N2O5S. The zero-order valence-electron chi connectivity index (χ0n) is 14.2. The highest BCUT2D eigenvalue weighted by molar-refractivity contribution is 7.89. The van der Waals surface area contributed by atoms with Crippen LogP contribution in [0.15, 0.2) is 59.5 Å². The van der Waals surface area contributed by atoms with Gasteiger partial charge in [0.2, 0.25) is 10.0 Å². The normalized spacial score (nSPS) is 12.2. The molecule has 0 aromatic heterocycles. The first-order valence-corrected chi connectivity index (χ1v) is 9.47. The van der Waals surface area contributed by atoms with E-state index in [1.165, 1.54) is 19.1 Å². The molecule has 2 aromatic carbocycles. The number of nitrogens with one attached hydrogen (secondary N) is 1. The van der Waals surface area contributed by atoms with Gasteiger partial charge in [-0.25, -0.2) is 13.6 Å². The van der Waals surface area contributed by atoms with E-state index in [-0.39, 0.29) is 11.3 Å². The number of primary sulfonamides is 1. The van der Waals surface area contributed by atoms with Crippen LogP contribution in [0.5, 0.6) is 0 Å². The number of amides is 1. The number of hydrogen-bond acceptors (Lipinski definition) is 5. The number of nitrogens with two attached hydrogens (primary N) is 1. The van der Waals surface area contributed by atoms with Gasteiger partial charge in [0.05, 0.1) is 4.90 Å². The topological polar surface area (TPSA) is 116 Å². The molecular weight excluding hydrogens is 356 g/mol. The van der Waals surface area contributed by atoms with Gasteiger partial charge in [0.1, 0.15) is 0 Å².